The Hall–Kier alpha value is -1.35. The zero-order chi connectivity index (χ0) is 19.0. The minimum atomic E-state index is -3.54. The number of carbonyl (C=O) groups is 1. The van der Waals surface area contributed by atoms with Crippen molar-refractivity contribution in [2.75, 3.05) is 39.8 Å². The number of ether oxygens (including phenoxy) is 1. The van der Waals surface area contributed by atoms with Crippen LogP contribution in [0, 0.1) is 0 Å². The number of hydrogen-bond acceptors (Lipinski definition) is 5. The lowest BCUT2D eigenvalue weighted by atomic mass is 10.1. The highest BCUT2D eigenvalue weighted by Crippen LogP contribution is 2.21. The van der Waals surface area contributed by atoms with Gasteiger partial charge in [0.2, 0.25) is 15.9 Å². The van der Waals surface area contributed by atoms with E-state index in [1.807, 2.05) is 0 Å². The van der Waals surface area contributed by atoms with Gasteiger partial charge < -0.3 is 15.4 Å². The summed E-state index contributed by atoms with van der Waals surface area (Å²) in [5.74, 6) is 0.727. The van der Waals surface area contributed by atoms with Crippen molar-refractivity contribution in [2.45, 2.75) is 37.0 Å². The number of sulfonamides is 1. The molecule has 1 fully saturated rings. The first-order chi connectivity index (χ1) is 12.5. The van der Waals surface area contributed by atoms with E-state index < -0.39 is 10.0 Å². The average molecular weight is 420 g/mol. The second-order valence-corrected chi connectivity index (χ2v) is 8.35. The molecule has 7 nitrogen and oxygen atoms in total. The van der Waals surface area contributed by atoms with Gasteiger partial charge in [-0.05, 0) is 43.7 Å². The quantitative estimate of drug-likeness (QED) is 0.616. The van der Waals surface area contributed by atoms with Crippen molar-refractivity contribution >= 4 is 28.3 Å². The van der Waals surface area contributed by atoms with Gasteiger partial charge in [0, 0.05) is 32.6 Å². The van der Waals surface area contributed by atoms with E-state index in [1.54, 1.807) is 29.2 Å². The Kier molecular flexibility index (Phi) is 10.1. The molecule has 1 aromatic carbocycles. The lowest BCUT2D eigenvalue weighted by Crippen LogP contribution is -2.50. The van der Waals surface area contributed by atoms with Crippen LogP contribution in [0.1, 0.15) is 32.1 Å². The summed E-state index contributed by atoms with van der Waals surface area (Å²) in [6.45, 7) is 2.23. The Balaban J connectivity index is 0.00000364. The molecule has 2 rings (SSSR count). The Morgan fingerprint density at radius 1 is 1.04 bits per heavy atom. The zero-order valence-corrected chi connectivity index (χ0v) is 17.4. The van der Waals surface area contributed by atoms with E-state index in [1.165, 1.54) is 11.4 Å². The molecule has 154 valence electrons. The van der Waals surface area contributed by atoms with Gasteiger partial charge in [-0.1, -0.05) is 12.8 Å². The molecule has 1 aliphatic rings. The number of amides is 1. The van der Waals surface area contributed by atoms with Crippen molar-refractivity contribution in [3.05, 3.63) is 24.3 Å². The topological polar surface area (TPSA) is 92.9 Å². The molecular weight excluding hydrogens is 390 g/mol. The molecule has 0 radical (unpaired) electrons. The molecule has 0 atom stereocenters. The number of piperazine rings is 1. The Morgan fingerprint density at radius 3 is 2.19 bits per heavy atom. The molecule has 0 aliphatic carbocycles. The number of hydrogen-bond donors (Lipinski definition) is 1. The lowest BCUT2D eigenvalue weighted by Gasteiger charge is -2.34. The van der Waals surface area contributed by atoms with Crippen molar-refractivity contribution in [3.63, 3.8) is 0 Å². The van der Waals surface area contributed by atoms with E-state index in [0.29, 0.717) is 44.9 Å². The van der Waals surface area contributed by atoms with Crippen LogP contribution in [0.4, 0.5) is 0 Å². The van der Waals surface area contributed by atoms with Crippen molar-refractivity contribution in [3.8, 4) is 5.75 Å². The number of unbranched alkanes of at least 4 members (excludes halogenated alkanes) is 3. The summed E-state index contributed by atoms with van der Waals surface area (Å²) in [6.07, 6.45) is 4.45. The molecule has 1 amide bonds. The maximum Gasteiger partial charge on any atom is 0.243 e. The third-order valence-corrected chi connectivity index (χ3v) is 6.55. The highest BCUT2D eigenvalue weighted by atomic mass is 35.5. The maximum absolute atomic E-state index is 12.7. The van der Waals surface area contributed by atoms with Crippen LogP contribution in [-0.4, -0.2) is 63.4 Å². The molecule has 1 aliphatic heterocycles. The van der Waals surface area contributed by atoms with Gasteiger partial charge >= 0.3 is 0 Å². The normalized spacial score (nSPS) is 15.3. The van der Waals surface area contributed by atoms with E-state index in [2.05, 4.69) is 0 Å². The van der Waals surface area contributed by atoms with Crippen LogP contribution in [0.3, 0.4) is 0 Å². The molecule has 0 spiro atoms. The van der Waals surface area contributed by atoms with Crippen LogP contribution in [0.5, 0.6) is 5.75 Å². The number of methoxy groups -OCH3 is 1. The van der Waals surface area contributed by atoms with Crippen LogP contribution in [-0.2, 0) is 14.8 Å². The van der Waals surface area contributed by atoms with Crippen molar-refractivity contribution in [2.24, 2.45) is 5.73 Å². The Labute approximate surface area is 168 Å². The summed E-state index contributed by atoms with van der Waals surface area (Å²) in [4.78, 5) is 14.3. The highest BCUT2D eigenvalue weighted by Gasteiger charge is 2.29. The summed E-state index contributed by atoms with van der Waals surface area (Å²) >= 11 is 0. The lowest BCUT2D eigenvalue weighted by molar-refractivity contribution is -0.132. The summed E-state index contributed by atoms with van der Waals surface area (Å²) < 4.78 is 31.9. The van der Waals surface area contributed by atoms with E-state index in [-0.39, 0.29) is 23.2 Å². The Morgan fingerprint density at radius 2 is 1.63 bits per heavy atom. The van der Waals surface area contributed by atoms with Crippen LogP contribution in [0.15, 0.2) is 29.2 Å². The first kappa shape index (κ1) is 23.7. The van der Waals surface area contributed by atoms with E-state index in [0.717, 1.165) is 25.7 Å². The summed E-state index contributed by atoms with van der Waals surface area (Å²) in [5.41, 5.74) is 5.46. The fourth-order valence-corrected chi connectivity index (χ4v) is 4.43. The van der Waals surface area contributed by atoms with E-state index >= 15 is 0 Å². The monoisotopic (exact) mass is 419 g/mol. The molecule has 0 unspecified atom stereocenters. The Bertz CT molecular complexity index is 674. The predicted octanol–water partition coefficient (Wildman–Crippen LogP) is 1.86. The minimum absolute atomic E-state index is 0. The molecule has 1 saturated heterocycles. The number of carbonyl (C=O) groups excluding carboxylic acids is 1. The fourth-order valence-electron chi connectivity index (χ4n) is 3.01. The highest BCUT2D eigenvalue weighted by molar-refractivity contribution is 7.89. The van der Waals surface area contributed by atoms with Gasteiger partial charge in [-0.15, -0.1) is 12.4 Å². The van der Waals surface area contributed by atoms with Gasteiger partial charge in [0.25, 0.3) is 0 Å². The second kappa shape index (κ2) is 11.5. The first-order valence-electron chi connectivity index (χ1n) is 9.11. The van der Waals surface area contributed by atoms with E-state index in [4.69, 9.17) is 10.5 Å². The number of rotatable bonds is 9. The van der Waals surface area contributed by atoms with Crippen molar-refractivity contribution in [1.82, 2.24) is 9.21 Å². The zero-order valence-electron chi connectivity index (χ0n) is 15.8. The molecule has 1 heterocycles. The van der Waals surface area contributed by atoms with Gasteiger partial charge in [0.05, 0.1) is 12.0 Å². The largest absolute Gasteiger partial charge is 0.497 e. The number of nitrogens with two attached hydrogens (primary N) is 1. The van der Waals surface area contributed by atoms with Crippen LogP contribution in [0.25, 0.3) is 0 Å². The molecule has 0 aromatic heterocycles. The number of benzene rings is 1. The summed E-state index contributed by atoms with van der Waals surface area (Å²) in [6, 6.07) is 6.37. The van der Waals surface area contributed by atoms with Gasteiger partial charge in [-0.2, -0.15) is 4.31 Å². The van der Waals surface area contributed by atoms with Gasteiger partial charge in [0.15, 0.2) is 0 Å². The first-order valence-corrected chi connectivity index (χ1v) is 10.5. The van der Waals surface area contributed by atoms with Gasteiger partial charge in [0.1, 0.15) is 5.75 Å². The minimum Gasteiger partial charge on any atom is -0.497 e. The maximum atomic E-state index is 12.7. The fraction of sp³-hybridized carbons (Fsp3) is 0.611. The second-order valence-electron chi connectivity index (χ2n) is 6.41. The third-order valence-electron chi connectivity index (χ3n) is 4.63. The molecule has 0 saturated carbocycles. The molecule has 0 bridgehead atoms. The van der Waals surface area contributed by atoms with Crippen LogP contribution in [0.2, 0.25) is 0 Å². The SMILES string of the molecule is COc1ccc(S(=O)(=O)N2CCN(C(=O)CCCCCCN)CC2)cc1.Cl. The number of halogens is 1. The van der Waals surface area contributed by atoms with Crippen LogP contribution >= 0.6 is 12.4 Å². The molecule has 9 heteroatoms. The van der Waals surface area contributed by atoms with Crippen molar-refractivity contribution in [1.29, 1.82) is 0 Å². The third kappa shape index (κ3) is 6.64. The molecule has 27 heavy (non-hydrogen) atoms. The standard InChI is InChI=1S/C18H29N3O4S.ClH/c1-25-16-7-9-17(10-8-16)26(23,24)21-14-12-20(13-15-21)18(22)6-4-2-3-5-11-19;/h7-10H,2-6,11-15,19H2,1H3;1H. The van der Waals surface area contributed by atoms with Gasteiger partial charge in [-0.25, -0.2) is 8.42 Å². The van der Waals surface area contributed by atoms with Crippen LogP contribution < -0.4 is 10.5 Å². The van der Waals surface area contributed by atoms with Gasteiger partial charge in [-0.3, -0.25) is 4.79 Å². The molecule has 1 aromatic rings. The molecule has 2 N–H and O–H groups in total. The van der Waals surface area contributed by atoms with Crippen molar-refractivity contribution < 1.29 is 17.9 Å². The molecular formula is C18H30ClN3O4S. The number of nitrogens with zero attached hydrogens (tertiary/aromatic N) is 2. The smallest absolute Gasteiger partial charge is 0.243 e. The average Bonchev–Trinajstić information content (AvgIpc) is 2.67. The summed E-state index contributed by atoms with van der Waals surface area (Å²) in [5, 5.41) is 0. The summed E-state index contributed by atoms with van der Waals surface area (Å²) in [7, 11) is -2.00. The van der Waals surface area contributed by atoms with E-state index in [9.17, 15) is 13.2 Å². The predicted molar refractivity (Wildman–Crippen MR) is 108 cm³/mol.